The Morgan fingerprint density at radius 3 is 2.47 bits per heavy atom. The fraction of sp³-hybridized carbons (Fsp3) is 0.625. The summed E-state index contributed by atoms with van der Waals surface area (Å²) >= 11 is 6.07. The van der Waals surface area contributed by atoms with E-state index in [9.17, 15) is 5.11 Å². The third kappa shape index (κ3) is 5.13. The van der Waals surface area contributed by atoms with Crippen molar-refractivity contribution in [2.75, 3.05) is 6.61 Å². The van der Waals surface area contributed by atoms with Gasteiger partial charge in [-0.1, -0.05) is 51.4 Å². The fourth-order valence-electron chi connectivity index (χ4n) is 2.31. The summed E-state index contributed by atoms with van der Waals surface area (Å²) < 4.78 is 0. The Morgan fingerprint density at radius 2 is 2.00 bits per heavy atom. The van der Waals surface area contributed by atoms with Crippen molar-refractivity contribution in [3.63, 3.8) is 0 Å². The number of benzene rings is 1. The van der Waals surface area contributed by atoms with Gasteiger partial charge in [-0.3, -0.25) is 0 Å². The molecule has 0 radical (unpaired) electrons. The molecule has 2 N–H and O–H groups in total. The van der Waals surface area contributed by atoms with E-state index in [4.69, 9.17) is 11.6 Å². The number of hydrogen-bond donors (Lipinski definition) is 2. The fourth-order valence-corrected chi connectivity index (χ4v) is 2.51. The number of nitrogens with one attached hydrogen (secondary N) is 1. The van der Waals surface area contributed by atoms with Gasteiger partial charge in [0.1, 0.15) is 0 Å². The maximum atomic E-state index is 9.24. The standard InChI is InChI=1S/C16H26ClNO/c1-5-14(12-7-6-8-13(17)11-12)18-15(9-10-19)16(2,3)4/h6-8,11,14-15,18-19H,5,9-10H2,1-4H3. The predicted octanol–water partition coefficient (Wildman–Crippen LogP) is 4.18. The Labute approximate surface area is 122 Å². The largest absolute Gasteiger partial charge is 0.396 e. The van der Waals surface area contributed by atoms with E-state index >= 15 is 0 Å². The number of rotatable bonds is 6. The smallest absolute Gasteiger partial charge is 0.0446 e. The summed E-state index contributed by atoms with van der Waals surface area (Å²) in [4.78, 5) is 0. The van der Waals surface area contributed by atoms with Gasteiger partial charge in [-0.25, -0.2) is 0 Å². The van der Waals surface area contributed by atoms with Crippen molar-refractivity contribution >= 4 is 11.6 Å². The van der Waals surface area contributed by atoms with E-state index in [0.717, 1.165) is 17.9 Å². The van der Waals surface area contributed by atoms with Crippen LogP contribution in [0.4, 0.5) is 0 Å². The topological polar surface area (TPSA) is 32.3 Å². The zero-order chi connectivity index (χ0) is 14.5. The minimum Gasteiger partial charge on any atom is -0.396 e. The highest BCUT2D eigenvalue weighted by molar-refractivity contribution is 6.30. The first-order valence-corrected chi connectivity index (χ1v) is 7.38. The average Bonchev–Trinajstić information content (AvgIpc) is 2.33. The molecule has 0 fully saturated rings. The molecule has 1 aromatic rings. The first-order chi connectivity index (χ1) is 8.88. The molecule has 0 aliphatic heterocycles. The molecule has 1 aromatic carbocycles. The summed E-state index contributed by atoms with van der Waals surface area (Å²) in [6, 6.07) is 8.55. The molecule has 0 aliphatic rings. The van der Waals surface area contributed by atoms with Crippen molar-refractivity contribution < 1.29 is 5.11 Å². The highest BCUT2D eigenvalue weighted by Crippen LogP contribution is 2.27. The summed E-state index contributed by atoms with van der Waals surface area (Å²) in [7, 11) is 0. The molecule has 0 aliphatic carbocycles. The van der Waals surface area contributed by atoms with Crippen molar-refractivity contribution in [2.24, 2.45) is 5.41 Å². The van der Waals surface area contributed by atoms with Crippen LogP contribution >= 0.6 is 11.6 Å². The minimum absolute atomic E-state index is 0.120. The molecule has 2 unspecified atom stereocenters. The summed E-state index contributed by atoms with van der Waals surface area (Å²) in [6.45, 7) is 8.97. The molecule has 2 nitrogen and oxygen atoms in total. The van der Waals surface area contributed by atoms with Crippen LogP contribution in [0.25, 0.3) is 0 Å². The van der Waals surface area contributed by atoms with Crippen molar-refractivity contribution in [3.05, 3.63) is 34.9 Å². The van der Waals surface area contributed by atoms with Gasteiger partial charge in [-0.15, -0.1) is 0 Å². The van der Waals surface area contributed by atoms with Crippen LogP contribution < -0.4 is 5.32 Å². The maximum absolute atomic E-state index is 9.24. The lowest BCUT2D eigenvalue weighted by atomic mass is 9.84. The second kappa shape index (κ2) is 7.28. The lowest BCUT2D eigenvalue weighted by molar-refractivity contribution is 0.184. The second-order valence-corrected chi connectivity index (χ2v) is 6.55. The molecule has 0 aromatic heterocycles. The van der Waals surface area contributed by atoms with Crippen molar-refractivity contribution in [3.8, 4) is 0 Å². The Balaban J connectivity index is 2.85. The van der Waals surface area contributed by atoms with Gasteiger partial charge in [0.2, 0.25) is 0 Å². The normalized spacial score (nSPS) is 15.3. The van der Waals surface area contributed by atoms with E-state index in [0.29, 0.717) is 0 Å². The van der Waals surface area contributed by atoms with E-state index in [1.54, 1.807) is 0 Å². The van der Waals surface area contributed by atoms with Crippen molar-refractivity contribution in [1.82, 2.24) is 5.32 Å². The lowest BCUT2D eigenvalue weighted by Crippen LogP contribution is -2.42. The summed E-state index contributed by atoms with van der Waals surface area (Å²) in [5.74, 6) is 0. The molecular formula is C16H26ClNO. The first kappa shape index (κ1) is 16.5. The minimum atomic E-state index is 0.120. The van der Waals surface area contributed by atoms with Gasteiger partial charge >= 0.3 is 0 Å². The molecular weight excluding hydrogens is 258 g/mol. The summed E-state index contributed by atoms with van der Waals surface area (Å²) in [6.07, 6.45) is 1.76. The second-order valence-electron chi connectivity index (χ2n) is 6.11. The van der Waals surface area contributed by atoms with Crippen molar-refractivity contribution in [1.29, 1.82) is 0 Å². The molecule has 108 valence electrons. The van der Waals surface area contributed by atoms with Crippen LogP contribution in [0.5, 0.6) is 0 Å². The number of aliphatic hydroxyl groups is 1. The molecule has 0 heterocycles. The van der Waals surface area contributed by atoms with Crippen LogP contribution in [0.1, 0.15) is 52.1 Å². The number of halogens is 1. The molecule has 0 saturated carbocycles. The van der Waals surface area contributed by atoms with Crippen LogP contribution in [0, 0.1) is 5.41 Å². The van der Waals surface area contributed by atoms with Gasteiger partial charge in [0.05, 0.1) is 0 Å². The average molecular weight is 284 g/mol. The number of hydrogen-bond acceptors (Lipinski definition) is 2. The van der Waals surface area contributed by atoms with Gasteiger partial charge in [-0.05, 0) is 36.0 Å². The third-order valence-electron chi connectivity index (χ3n) is 3.52. The highest BCUT2D eigenvalue weighted by atomic mass is 35.5. The SMILES string of the molecule is CCC(NC(CCO)C(C)(C)C)c1cccc(Cl)c1. The Morgan fingerprint density at radius 1 is 1.32 bits per heavy atom. The Bertz CT molecular complexity index is 387. The van der Waals surface area contributed by atoms with Crippen LogP contribution in [-0.2, 0) is 0 Å². The molecule has 0 saturated heterocycles. The quantitative estimate of drug-likeness (QED) is 0.821. The monoisotopic (exact) mass is 283 g/mol. The van der Waals surface area contributed by atoms with Gasteiger partial charge in [0, 0.05) is 23.7 Å². The van der Waals surface area contributed by atoms with Gasteiger partial charge in [0.15, 0.2) is 0 Å². The van der Waals surface area contributed by atoms with E-state index in [-0.39, 0.29) is 24.1 Å². The van der Waals surface area contributed by atoms with Crippen LogP contribution in [0.15, 0.2) is 24.3 Å². The first-order valence-electron chi connectivity index (χ1n) is 7.00. The summed E-state index contributed by atoms with van der Waals surface area (Å²) in [5, 5.41) is 13.7. The molecule has 19 heavy (non-hydrogen) atoms. The summed E-state index contributed by atoms with van der Waals surface area (Å²) in [5.41, 5.74) is 1.33. The zero-order valence-electron chi connectivity index (χ0n) is 12.4. The van der Waals surface area contributed by atoms with Crippen molar-refractivity contribution in [2.45, 2.75) is 52.6 Å². The zero-order valence-corrected chi connectivity index (χ0v) is 13.2. The Hall–Kier alpha value is -0.570. The molecule has 0 amide bonds. The van der Waals surface area contributed by atoms with E-state index in [1.165, 1.54) is 5.56 Å². The molecule has 0 bridgehead atoms. The highest BCUT2D eigenvalue weighted by Gasteiger charge is 2.26. The molecule has 2 atom stereocenters. The van der Waals surface area contributed by atoms with E-state index in [1.807, 2.05) is 18.2 Å². The van der Waals surface area contributed by atoms with Crippen LogP contribution in [0.3, 0.4) is 0 Å². The molecule has 3 heteroatoms. The lowest BCUT2D eigenvalue weighted by Gasteiger charge is -2.35. The van der Waals surface area contributed by atoms with Crippen LogP contribution in [-0.4, -0.2) is 17.8 Å². The van der Waals surface area contributed by atoms with Gasteiger partial charge in [-0.2, -0.15) is 0 Å². The van der Waals surface area contributed by atoms with Gasteiger partial charge in [0.25, 0.3) is 0 Å². The Kier molecular flexibility index (Phi) is 6.31. The molecule has 0 spiro atoms. The predicted molar refractivity (Wildman–Crippen MR) is 82.6 cm³/mol. The van der Waals surface area contributed by atoms with E-state index in [2.05, 4.69) is 39.1 Å². The van der Waals surface area contributed by atoms with Crippen LogP contribution in [0.2, 0.25) is 5.02 Å². The maximum Gasteiger partial charge on any atom is 0.0446 e. The number of aliphatic hydroxyl groups excluding tert-OH is 1. The van der Waals surface area contributed by atoms with E-state index < -0.39 is 0 Å². The van der Waals surface area contributed by atoms with Gasteiger partial charge < -0.3 is 10.4 Å². The molecule has 1 rings (SSSR count). The third-order valence-corrected chi connectivity index (χ3v) is 3.76.